The molecule has 0 unspecified atom stereocenters. The zero-order chi connectivity index (χ0) is 20.9. The van der Waals surface area contributed by atoms with E-state index in [1.165, 1.54) is 6.08 Å². The molecule has 5 aromatic rings. The SMILES string of the molecule is O=C1Oc2cc3ccccc3cc2C(=O)/C1=C/c1cc2oc(-c3ccccc3)cc2o1. The number of ether oxygens (including phenoxy) is 1. The van der Waals surface area contributed by atoms with Gasteiger partial charge in [-0.25, -0.2) is 4.79 Å². The lowest BCUT2D eigenvalue weighted by Crippen LogP contribution is -2.25. The summed E-state index contributed by atoms with van der Waals surface area (Å²) >= 11 is 0. The van der Waals surface area contributed by atoms with Gasteiger partial charge in [0.1, 0.15) is 22.8 Å². The Morgan fingerprint density at radius 3 is 2.19 bits per heavy atom. The molecule has 5 nitrogen and oxygen atoms in total. The first-order valence-corrected chi connectivity index (χ1v) is 9.76. The fraction of sp³-hybridized carbons (Fsp3) is 0. The van der Waals surface area contributed by atoms with E-state index in [0.717, 1.165) is 16.3 Å². The Morgan fingerprint density at radius 1 is 0.710 bits per heavy atom. The minimum Gasteiger partial charge on any atom is -0.453 e. The summed E-state index contributed by atoms with van der Waals surface area (Å²) in [5, 5.41) is 1.80. The number of ketones is 1. The Bertz CT molecular complexity index is 1500. The molecule has 0 amide bonds. The van der Waals surface area contributed by atoms with E-state index in [4.69, 9.17) is 13.6 Å². The number of hydrogen-bond donors (Lipinski definition) is 0. The lowest BCUT2D eigenvalue weighted by Gasteiger charge is -2.17. The monoisotopic (exact) mass is 406 g/mol. The molecular formula is C26H14O5. The van der Waals surface area contributed by atoms with Crippen LogP contribution in [0.4, 0.5) is 0 Å². The molecule has 6 rings (SSSR count). The highest BCUT2D eigenvalue weighted by atomic mass is 16.5. The van der Waals surface area contributed by atoms with E-state index in [0.29, 0.717) is 28.2 Å². The van der Waals surface area contributed by atoms with Gasteiger partial charge in [0.05, 0.1) is 5.56 Å². The molecule has 0 spiro atoms. The number of benzene rings is 3. The van der Waals surface area contributed by atoms with Crippen molar-refractivity contribution in [2.24, 2.45) is 0 Å². The van der Waals surface area contributed by atoms with Crippen molar-refractivity contribution in [2.45, 2.75) is 0 Å². The largest absolute Gasteiger partial charge is 0.453 e. The number of fused-ring (bicyclic) bond motifs is 3. The number of carbonyl (C=O) groups is 2. The third-order valence-corrected chi connectivity index (χ3v) is 5.33. The predicted octanol–water partition coefficient (Wildman–Crippen LogP) is 6.03. The number of rotatable bonds is 2. The molecule has 5 heteroatoms. The van der Waals surface area contributed by atoms with Gasteiger partial charge in [0.2, 0.25) is 5.78 Å². The number of furan rings is 2. The first-order chi connectivity index (χ1) is 15.2. The fourth-order valence-electron chi connectivity index (χ4n) is 3.81. The molecule has 148 valence electrons. The highest BCUT2D eigenvalue weighted by Crippen LogP contribution is 2.34. The summed E-state index contributed by atoms with van der Waals surface area (Å²) in [5.74, 6) is 0.202. The van der Waals surface area contributed by atoms with Crippen LogP contribution in [0.5, 0.6) is 5.75 Å². The molecule has 1 aliphatic rings. The molecule has 0 bridgehead atoms. The van der Waals surface area contributed by atoms with Gasteiger partial charge in [0.15, 0.2) is 11.2 Å². The van der Waals surface area contributed by atoms with Crippen molar-refractivity contribution >= 4 is 39.8 Å². The van der Waals surface area contributed by atoms with Crippen LogP contribution in [-0.4, -0.2) is 11.8 Å². The summed E-state index contributed by atoms with van der Waals surface area (Å²) in [7, 11) is 0. The Labute approximate surface area is 176 Å². The molecular weight excluding hydrogens is 392 g/mol. The van der Waals surface area contributed by atoms with Crippen LogP contribution in [-0.2, 0) is 4.79 Å². The number of hydrogen-bond acceptors (Lipinski definition) is 5. The van der Waals surface area contributed by atoms with Crippen LogP contribution >= 0.6 is 0 Å². The van der Waals surface area contributed by atoms with Gasteiger partial charge in [-0.15, -0.1) is 0 Å². The maximum Gasteiger partial charge on any atom is 0.347 e. The molecule has 0 aliphatic carbocycles. The van der Waals surface area contributed by atoms with E-state index in [-0.39, 0.29) is 11.3 Å². The maximum atomic E-state index is 13.0. The second kappa shape index (κ2) is 6.57. The predicted molar refractivity (Wildman–Crippen MR) is 116 cm³/mol. The van der Waals surface area contributed by atoms with Gasteiger partial charge in [-0.05, 0) is 29.0 Å². The Morgan fingerprint density at radius 2 is 1.42 bits per heavy atom. The number of carbonyl (C=O) groups excluding carboxylic acids is 2. The van der Waals surface area contributed by atoms with Gasteiger partial charge in [-0.2, -0.15) is 0 Å². The van der Waals surface area contributed by atoms with Crippen molar-refractivity contribution in [3.05, 3.63) is 95.8 Å². The van der Waals surface area contributed by atoms with Crippen molar-refractivity contribution in [1.29, 1.82) is 0 Å². The standard InChI is InChI=1S/C26H14O5/c27-25-19-10-16-8-4-5-9-17(16)11-22(19)31-26(28)20(25)12-18-13-23-24(29-18)14-21(30-23)15-6-2-1-3-7-15/h1-14H/b20-12-. The Balaban J connectivity index is 1.38. The normalized spacial score (nSPS) is 14.9. The van der Waals surface area contributed by atoms with Crippen molar-refractivity contribution in [2.75, 3.05) is 0 Å². The summed E-state index contributed by atoms with van der Waals surface area (Å²) in [6.45, 7) is 0. The third-order valence-electron chi connectivity index (χ3n) is 5.33. The van der Waals surface area contributed by atoms with E-state index >= 15 is 0 Å². The van der Waals surface area contributed by atoms with Crippen LogP contribution in [0.1, 0.15) is 16.1 Å². The zero-order valence-electron chi connectivity index (χ0n) is 16.1. The molecule has 0 radical (unpaired) electrons. The molecule has 1 aliphatic heterocycles. The van der Waals surface area contributed by atoms with Crippen molar-refractivity contribution in [1.82, 2.24) is 0 Å². The second-order valence-corrected chi connectivity index (χ2v) is 7.33. The molecule has 0 N–H and O–H groups in total. The molecule has 0 atom stereocenters. The van der Waals surface area contributed by atoms with Gasteiger partial charge in [-0.3, -0.25) is 4.79 Å². The van der Waals surface area contributed by atoms with Crippen molar-refractivity contribution < 1.29 is 23.2 Å². The van der Waals surface area contributed by atoms with E-state index < -0.39 is 11.8 Å². The minimum atomic E-state index is -0.703. The van der Waals surface area contributed by atoms with Crippen LogP contribution < -0.4 is 4.74 Å². The second-order valence-electron chi connectivity index (χ2n) is 7.33. The van der Waals surface area contributed by atoms with E-state index in [1.807, 2.05) is 54.6 Å². The Kier molecular flexibility index (Phi) is 3.70. The molecule has 0 saturated carbocycles. The Hall–Kier alpha value is -4.38. The molecule has 3 aromatic carbocycles. The first kappa shape index (κ1) is 17.5. The van der Waals surface area contributed by atoms with Gasteiger partial charge < -0.3 is 13.6 Å². The van der Waals surface area contributed by atoms with E-state index in [1.54, 1.807) is 24.3 Å². The summed E-state index contributed by atoms with van der Waals surface area (Å²) in [4.78, 5) is 25.6. The lowest BCUT2D eigenvalue weighted by molar-refractivity contribution is -0.130. The molecule has 3 heterocycles. The number of Topliss-reactive ketones (excluding diaryl/α,β-unsaturated/α-hetero) is 1. The smallest absolute Gasteiger partial charge is 0.347 e. The van der Waals surface area contributed by atoms with Crippen LogP contribution in [0.15, 0.2) is 93.3 Å². The van der Waals surface area contributed by atoms with Gasteiger partial charge in [-0.1, -0.05) is 54.6 Å². The third kappa shape index (κ3) is 2.87. The van der Waals surface area contributed by atoms with Crippen molar-refractivity contribution in [3.8, 4) is 17.1 Å². The lowest BCUT2D eigenvalue weighted by atomic mass is 9.96. The van der Waals surface area contributed by atoms with Crippen molar-refractivity contribution in [3.63, 3.8) is 0 Å². The van der Waals surface area contributed by atoms with E-state index in [9.17, 15) is 9.59 Å². The highest BCUT2D eigenvalue weighted by Gasteiger charge is 2.31. The van der Waals surface area contributed by atoms with Crippen LogP contribution in [0.25, 0.3) is 39.3 Å². The summed E-state index contributed by atoms with van der Waals surface area (Å²) in [6.07, 6.45) is 1.40. The van der Waals surface area contributed by atoms with Gasteiger partial charge >= 0.3 is 5.97 Å². The van der Waals surface area contributed by atoms with Crippen LogP contribution in [0.2, 0.25) is 0 Å². The zero-order valence-corrected chi connectivity index (χ0v) is 16.1. The van der Waals surface area contributed by atoms with Gasteiger partial charge in [0.25, 0.3) is 0 Å². The highest BCUT2D eigenvalue weighted by molar-refractivity contribution is 6.30. The molecule has 0 saturated heterocycles. The molecule has 2 aromatic heterocycles. The fourth-order valence-corrected chi connectivity index (χ4v) is 3.81. The summed E-state index contributed by atoms with van der Waals surface area (Å²) < 4.78 is 17.1. The first-order valence-electron chi connectivity index (χ1n) is 9.76. The maximum absolute atomic E-state index is 13.0. The minimum absolute atomic E-state index is 0.0810. The number of esters is 1. The van der Waals surface area contributed by atoms with E-state index in [2.05, 4.69) is 0 Å². The quantitative estimate of drug-likeness (QED) is 0.155. The average Bonchev–Trinajstić information content (AvgIpc) is 3.35. The van der Waals surface area contributed by atoms with Gasteiger partial charge in [0, 0.05) is 17.7 Å². The summed E-state index contributed by atoms with van der Waals surface area (Å²) in [6, 6.07) is 24.2. The summed E-state index contributed by atoms with van der Waals surface area (Å²) in [5.41, 5.74) is 2.28. The molecule has 0 fully saturated rings. The molecule has 31 heavy (non-hydrogen) atoms. The van der Waals surface area contributed by atoms with Crippen LogP contribution in [0.3, 0.4) is 0 Å². The topological polar surface area (TPSA) is 69.7 Å². The van der Waals surface area contributed by atoms with Crippen LogP contribution in [0, 0.1) is 0 Å². The average molecular weight is 406 g/mol.